The molecule has 3 heterocycles. The van der Waals surface area contributed by atoms with Crippen LogP contribution in [0.2, 0.25) is 0 Å². The van der Waals surface area contributed by atoms with Crippen LogP contribution in [0.5, 0.6) is 0 Å². The van der Waals surface area contributed by atoms with Gasteiger partial charge in [0.1, 0.15) is 0 Å². The van der Waals surface area contributed by atoms with Gasteiger partial charge in [0.05, 0.1) is 23.5 Å². The monoisotopic (exact) mass is 378 g/mol. The van der Waals surface area contributed by atoms with Crippen LogP contribution in [0.4, 0.5) is 0 Å². The third kappa shape index (κ3) is 3.78. The van der Waals surface area contributed by atoms with E-state index in [2.05, 4.69) is 10.3 Å². The number of carbonyl (C=O) groups is 2. The van der Waals surface area contributed by atoms with Crippen molar-refractivity contribution in [1.29, 1.82) is 0 Å². The molecule has 0 saturated carbocycles. The number of rotatable bonds is 3. The van der Waals surface area contributed by atoms with E-state index in [1.165, 1.54) is 0 Å². The average molecular weight is 378 g/mol. The number of hydrogen-bond donors (Lipinski definition) is 1. The Morgan fingerprint density at radius 2 is 1.96 bits per heavy atom. The molecule has 2 aliphatic rings. The highest BCUT2D eigenvalue weighted by Gasteiger charge is 2.32. The average Bonchev–Trinajstić information content (AvgIpc) is 2.74. The lowest BCUT2D eigenvalue weighted by molar-refractivity contribution is -0.135. The highest BCUT2D eigenvalue weighted by atomic mass is 16.2. The van der Waals surface area contributed by atoms with Gasteiger partial charge in [-0.25, -0.2) is 0 Å². The Morgan fingerprint density at radius 3 is 2.71 bits per heavy atom. The first-order valence-corrected chi connectivity index (χ1v) is 9.96. The van der Waals surface area contributed by atoms with E-state index >= 15 is 0 Å². The van der Waals surface area contributed by atoms with E-state index < -0.39 is 0 Å². The topological polar surface area (TPSA) is 65.5 Å². The fourth-order valence-corrected chi connectivity index (χ4v) is 4.13. The minimum absolute atomic E-state index is 0.0110. The Bertz CT molecular complexity index is 868. The summed E-state index contributed by atoms with van der Waals surface area (Å²) in [4.78, 5) is 33.9. The molecule has 2 saturated heterocycles. The Hall–Kier alpha value is -2.73. The summed E-state index contributed by atoms with van der Waals surface area (Å²) in [7, 11) is 0. The van der Waals surface area contributed by atoms with E-state index in [4.69, 9.17) is 0 Å². The Kier molecular flexibility index (Phi) is 5.39. The molecular weight excluding hydrogens is 352 g/mol. The number of nitrogens with one attached hydrogen (secondary N) is 1. The van der Waals surface area contributed by atoms with Gasteiger partial charge in [0, 0.05) is 37.8 Å². The van der Waals surface area contributed by atoms with E-state index in [0.717, 1.165) is 49.4 Å². The zero-order valence-corrected chi connectivity index (χ0v) is 16.2. The van der Waals surface area contributed by atoms with Crippen molar-refractivity contribution in [3.8, 4) is 11.3 Å². The van der Waals surface area contributed by atoms with Gasteiger partial charge in [0.2, 0.25) is 5.91 Å². The summed E-state index contributed by atoms with van der Waals surface area (Å²) in [6.45, 7) is 5.16. The van der Waals surface area contributed by atoms with Crippen molar-refractivity contribution in [2.75, 3.05) is 32.7 Å². The van der Waals surface area contributed by atoms with E-state index in [0.29, 0.717) is 18.7 Å². The largest absolute Gasteiger partial charge is 0.337 e. The molecule has 1 aromatic carbocycles. The standard InChI is InChI=1S/C22H26N4O2/c1-16-19(9-10-20(24-16)17-6-3-2-4-7-17)22(28)25-12-5-8-18(15-25)26-13-11-23-14-21(26)27/h2-4,6-7,9-10,18,23H,5,8,11-15H2,1H3. The van der Waals surface area contributed by atoms with Crippen LogP contribution >= 0.6 is 0 Å². The first kappa shape index (κ1) is 18.6. The zero-order valence-electron chi connectivity index (χ0n) is 16.2. The number of benzene rings is 1. The SMILES string of the molecule is Cc1nc(-c2ccccc2)ccc1C(=O)N1CCCC(N2CCNCC2=O)C1. The summed E-state index contributed by atoms with van der Waals surface area (Å²) in [5.41, 5.74) is 3.30. The Balaban J connectivity index is 1.50. The minimum Gasteiger partial charge on any atom is -0.337 e. The molecule has 0 spiro atoms. The molecule has 28 heavy (non-hydrogen) atoms. The molecular formula is C22H26N4O2. The Morgan fingerprint density at radius 1 is 1.14 bits per heavy atom. The van der Waals surface area contributed by atoms with Gasteiger partial charge in [-0.2, -0.15) is 0 Å². The van der Waals surface area contributed by atoms with Crippen molar-refractivity contribution in [1.82, 2.24) is 20.1 Å². The highest BCUT2D eigenvalue weighted by Crippen LogP contribution is 2.22. The van der Waals surface area contributed by atoms with E-state index in [9.17, 15) is 9.59 Å². The predicted molar refractivity (Wildman–Crippen MR) is 108 cm³/mol. The summed E-state index contributed by atoms with van der Waals surface area (Å²) in [6.07, 6.45) is 1.88. The molecule has 0 radical (unpaired) electrons. The molecule has 6 nitrogen and oxygen atoms in total. The number of hydrogen-bond acceptors (Lipinski definition) is 4. The maximum Gasteiger partial charge on any atom is 0.255 e. The van der Waals surface area contributed by atoms with Gasteiger partial charge in [-0.15, -0.1) is 0 Å². The normalized spacial score (nSPS) is 20.3. The summed E-state index contributed by atoms with van der Waals surface area (Å²) in [6, 6.07) is 13.9. The van der Waals surface area contributed by atoms with Gasteiger partial charge >= 0.3 is 0 Å². The van der Waals surface area contributed by atoms with Crippen molar-refractivity contribution in [3.63, 3.8) is 0 Å². The van der Waals surface area contributed by atoms with Crippen molar-refractivity contribution < 1.29 is 9.59 Å². The second-order valence-corrected chi connectivity index (χ2v) is 7.51. The fraction of sp³-hybridized carbons (Fsp3) is 0.409. The van der Waals surface area contributed by atoms with Crippen LogP contribution in [-0.2, 0) is 4.79 Å². The number of amides is 2. The van der Waals surface area contributed by atoms with E-state index in [1.54, 1.807) is 0 Å². The van der Waals surface area contributed by atoms with Crippen LogP contribution < -0.4 is 5.32 Å². The van der Waals surface area contributed by atoms with Crippen LogP contribution in [0.1, 0.15) is 28.9 Å². The minimum atomic E-state index is 0.0110. The zero-order chi connectivity index (χ0) is 19.5. The molecule has 6 heteroatoms. The van der Waals surface area contributed by atoms with Crippen LogP contribution in [0, 0.1) is 6.92 Å². The third-order valence-corrected chi connectivity index (χ3v) is 5.64. The molecule has 2 aromatic rings. The molecule has 146 valence electrons. The lowest BCUT2D eigenvalue weighted by atomic mass is 10.0. The molecule has 1 aromatic heterocycles. The molecule has 2 amide bonds. The smallest absolute Gasteiger partial charge is 0.255 e. The molecule has 0 aliphatic carbocycles. The Labute approximate surface area is 165 Å². The highest BCUT2D eigenvalue weighted by molar-refractivity contribution is 5.95. The van der Waals surface area contributed by atoms with Gasteiger partial charge in [0.15, 0.2) is 0 Å². The van der Waals surface area contributed by atoms with Gasteiger partial charge in [-0.05, 0) is 31.9 Å². The van der Waals surface area contributed by atoms with Crippen LogP contribution in [0.15, 0.2) is 42.5 Å². The van der Waals surface area contributed by atoms with Crippen LogP contribution in [0.3, 0.4) is 0 Å². The first-order chi connectivity index (χ1) is 13.6. The second kappa shape index (κ2) is 8.10. The second-order valence-electron chi connectivity index (χ2n) is 7.51. The number of nitrogens with zero attached hydrogens (tertiary/aromatic N) is 3. The summed E-state index contributed by atoms with van der Waals surface area (Å²) in [5.74, 6) is 0.146. The molecule has 2 aliphatic heterocycles. The van der Waals surface area contributed by atoms with Crippen LogP contribution in [-0.4, -0.2) is 65.4 Å². The maximum atomic E-state index is 13.1. The van der Waals surface area contributed by atoms with Gasteiger partial charge < -0.3 is 15.1 Å². The fourth-order valence-electron chi connectivity index (χ4n) is 4.13. The lowest BCUT2D eigenvalue weighted by Crippen LogP contribution is -2.57. The maximum absolute atomic E-state index is 13.1. The van der Waals surface area contributed by atoms with E-state index in [-0.39, 0.29) is 17.9 Å². The summed E-state index contributed by atoms with van der Waals surface area (Å²) in [5, 5.41) is 3.11. The quantitative estimate of drug-likeness (QED) is 0.888. The molecule has 2 fully saturated rings. The van der Waals surface area contributed by atoms with Gasteiger partial charge in [0.25, 0.3) is 5.91 Å². The number of pyridine rings is 1. The molecule has 1 unspecified atom stereocenters. The predicted octanol–water partition coefficient (Wildman–Crippen LogP) is 2.09. The number of piperazine rings is 1. The van der Waals surface area contributed by atoms with Crippen molar-refractivity contribution >= 4 is 11.8 Å². The lowest BCUT2D eigenvalue weighted by Gasteiger charge is -2.41. The molecule has 0 bridgehead atoms. The van der Waals surface area contributed by atoms with Gasteiger partial charge in [-0.1, -0.05) is 30.3 Å². The number of carbonyl (C=O) groups excluding carboxylic acids is 2. The number of aryl methyl sites for hydroxylation is 1. The van der Waals surface area contributed by atoms with Crippen LogP contribution in [0.25, 0.3) is 11.3 Å². The van der Waals surface area contributed by atoms with Crippen molar-refractivity contribution in [2.45, 2.75) is 25.8 Å². The van der Waals surface area contributed by atoms with Crippen molar-refractivity contribution in [2.24, 2.45) is 0 Å². The molecule has 4 rings (SSSR count). The van der Waals surface area contributed by atoms with Crippen molar-refractivity contribution in [3.05, 3.63) is 53.7 Å². The van der Waals surface area contributed by atoms with Gasteiger partial charge in [-0.3, -0.25) is 14.6 Å². The third-order valence-electron chi connectivity index (χ3n) is 5.64. The number of piperidine rings is 1. The summed E-state index contributed by atoms with van der Waals surface area (Å²) >= 11 is 0. The van der Waals surface area contributed by atoms with E-state index in [1.807, 2.05) is 59.2 Å². The summed E-state index contributed by atoms with van der Waals surface area (Å²) < 4.78 is 0. The number of likely N-dealkylation sites (tertiary alicyclic amines) is 1. The first-order valence-electron chi connectivity index (χ1n) is 9.96. The number of aromatic nitrogens is 1. The molecule has 1 N–H and O–H groups in total. The molecule has 1 atom stereocenters.